The number of nitrogens with zero attached hydrogens (tertiary/aromatic N) is 3. The van der Waals surface area contributed by atoms with Crippen LogP contribution in [0.2, 0.25) is 0 Å². The Hall–Kier alpha value is -1.06. The molecule has 0 amide bonds. The summed E-state index contributed by atoms with van der Waals surface area (Å²) < 4.78 is 1.91. The summed E-state index contributed by atoms with van der Waals surface area (Å²) in [6, 6.07) is 0. The van der Waals surface area contributed by atoms with Crippen LogP contribution in [0.5, 0.6) is 0 Å². The number of hydrogen-bond acceptors (Lipinski definition) is 3. The van der Waals surface area contributed by atoms with Crippen LogP contribution in [0.4, 0.5) is 5.82 Å². The molecule has 1 heterocycles. The van der Waals surface area contributed by atoms with E-state index in [0.717, 1.165) is 30.7 Å². The second-order valence-corrected chi connectivity index (χ2v) is 5.11. The predicted octanol–water partition coefficient (Wildman–Crippen LogP) is 2.93. The summed E-state index contributed by atoms with van der Waals surface area (Å²) in [5.74, 6) is 2.87. The zero-order valence-corrected chi connectivity index (χ0v) is 11.0. The van der Waals surface area contributed by atoms with Crippen LogP contribution in [0.25, 0.3) is 0 Å². The Morgan fingerprint density at radius 2 is 1.94 bits per heavy atom. The molecule has 17 heavy (non-hydrogen) atoms. The van der Waals surface area contributed by atoms with Crippen LogP contribution < -0.4 is 5.32 Å². The molecule has 1 N–H and O–H groups in total. The van der Waals surface area contributed by atoms with E-state index in [2.05, 4.69) is 29.5 Å². The molecule has 0 saturated heterocycles. The maximum Gasteiger partial charge on any atom is 0.144 e. The van der Waals surface area contributed by atoms with Gasteiger partial charge >= 0.3 is 0 Å². The average molecular weight is 236 g/mol. The zero-order chi connectivity index (χ0) is 12.1. The molecule has 0 radical (unpaired) electrons. The first-order valence-corrected chi connectivity index (χ1v) is 6.95. The van der Waals surface area contributed by atoms with Crippen molar-refractivity contribution in [3.05, 3.63) is 6.20 Å². The van der Waals surface area contributed by atoms with Crippen molar-refractivity contribution in [3.8, 4) is 0 Å². The lowest BCUT2D eigenvalue weighted by atomic mass is 9.81. The van der Waals surface area contributed by atoms with E-state index >= 15 is 0 Å². The third kappa shape index (κ3) is 3.20. The fraction of sp³-hybridized carbons (Fsp3) is 0.846. The van der Waals surface area contributed by atoms with Crippen molar-refractivity contribution in [2.45, 2.75) is 52.5 Å². The molecule has 0 spiro atoms. The van der Waals surface area contributed by atoms with Gasteiger partial charge < -0.3 is 5.32 Å². The summed E-state index contributed by atoms with van der Waals surface area (Å²) in [7, 11) is 0. The fourth-order valence-corrected chi connectivity index (χ4v) is 2.72. The molecule has 1 aliphatic rings. The summed E-state index contributed by atoms with van der Waals surface area (Å²) in [6.07, 6.45) is 8.74. The fourth-order valence-electron chi connectivity index (χ4n) is 2.72. The Morgan fingerprint density at radius 1 is 1.24 bits per heavy atom. The Labute approximate surface area is 104 Å². The number of hydrogen-bond donors (Lipinski definition) is 1. The monoisotopic (exact) mass is 236 g/mol. The molecule has 0 unspecified atom stereocenters. The molecule has 1 aromatic heterocycles. The minimum absolute atomic E-state index is 0.831. The van der Waals surface area contributed by atoms with Gasteiger partial charge in [-0.05, 0) is 31.6 Å². The van der Waals surface area contributed by atoms with E-state index < -0.39 is 0 Å². The highest BCUT2D eigenvalue weighted by atomic mass is 15.4. The first-order chi connectivity index (χ1) is 8.33. The van der Waals surface area contributed by atoms with Crippen LogP contribution >= 0.6 is 0 Å². The Morgan fingerprint density at radius 3 is 2.59 bits per heavy atom. The van der Waals surface area contributed by atoms with Gasteiger partial charge in [-0.15, -0.1) is 5.10 Å². The van der Waals surface area contributed by atoms with E-state index in [1.54, 1.807) is 0 Å². The second kappa shape index (κ2) is 6.03. The summed E-state index contributed by atoms with van der Waals surface area (Å²) in [5.41, 5.74) is 0. The lowest BCUT2D eigenvalue weighted by Gasteiger charge is -2.28. The van der Waals surface area contributed by atoms with E-state index in [4.69, 9.17) is 0 Å². The van der Waals surface area contributed by atoms with E-state index in [-0.39, 0.29) is 0 Å². The third-order valence-electron chi connectivity index (χ3n) is 4.03. The second-order valence-electron chi connectivity index (χ2n) is 5.11. The van der Waals surface area contributed by atoms with Crippen LogP contribution in [-0.4, -0.2) is 21.5 Å². The van der Waals surface area contributed by atoms with Crippen LogP contribution in [0.3, 0.4) is 0 Å². The molecule has 1 aromatic rings. The van der Waals surface area contributed by atoms with E-state index in [9.17, 15) is 0 Å². The van der Waals surface area contributed by atoms with Crippen molar-refractivity contribution in [2.24, 2.45) is 11.8 Å². The molecule has 4 nitrogen and oxygen atoms in total. The standard InChI is InChI=1S/C13H24N4/c1-3-11-5-7-12(8-6-11)9-14-13-10-15-16-17(13)4-2/h10-12,14H,3-9H2,1-2H3. The van der Waals surface area contributed by atoms with Crippen LogP contribution in [0.15, 0.2) is 6.20 Å². The Balaban J connectivity index is 1.76. The van der Waals surface area contributed by atoms with Crippen molar-refractivity contribution in [1.29, 1.82) is 0 Å². The maximum atomic E-state index is 4.03. The molecular formula is C13H24N4. The molecule has 96 valence electrons. The first-order valence-electron chi connectivity index (χ1n) is 6.95. The smallest absolute Gasteiger partial charge is 0.144 e. The molecule has 0 bridgehead atoms. The quantitative estimate of drug-likeness (QED) is 0.854. The van der Waals surface area contributed by atoms with Gasteiger partial charge in [-0.3, -0.25) is 0 Å². The number of anilines is 1. The highest BCUT2D eigenvalue weighted by Crippen LogP contribution is 2.30. The van der Waals surface area contributed by atoms with Gasteiger partial charge in [0.25, 0.3) is 0 Å². The maximum absolute atomic E-state index is 4.03. The zero-order valence-electron chi connectivity index (χ0n) is 11.0. The van der Waals surface area contributed by atoms with Crippen molar-refractivity contribution >= 4 is 5.82 Å². The van der Waals surface area contributed by atoms with Gasteiger partial charge in [-0.1, -0.05) is 31.4 Å². The summed E-state index contributed by atoms with van der Waals surface area (Å²) in [6.45, 7) is 6.36. The molecule has 1 aliphatic carbocycles. The number of nitrogens with one attached hydrogen (secondary N) is 1. The molecule has 4 heteroatoms. The predicted molar refractivity (Wildman–Crippen MR) is 69.9 cm³/mol. The molecule has 2 rings (SSSR count). The summed E-state index contributed by atoms with van der Waals surface area (Å²) in [4.78, 5) is 0. The van der Waals surface area contributed by atoms with E-state index in [1.807, 2.05) is 10.9 Å². The van der Waals surface area contributed by atoms with Crippen molar-refractivity contribution in [1.82, 2.24) is 15.0 Å². The number of aromatic nitrogens is 3. The van der Waals surface area contributed by atoms with Gasteiger partial charge in [0.15, 0.2) is 0 Å². The third-order valence-corrected chi connectivity index (χ3v) is 4.03. The van der Waals surface area contributed by atoms with Gasteiger partial charge in [-0.2, -0.15) is 0 Å². The van der Waals surface area contributed by atoms with E-state index in [0.29, 0.717) is 0 Å². The minimum atomic E-state index is 0.831. The van der Waals surface area contributed by atoms with Crippen LogP contribution in [0.1, 0.15) is 46.0 Å². The van der Waals surface area contributed by atoms with Crippen LogP contribution in [-0.2, 0) is 6.54 Å². The highest BCUT2D eigenvalue weighted by molar-refractivity contribution is 5.30. The van der Waals surface area contributed by atoms with Gasteiger partial charge in [0.2, 0.25) is 0 Å². The topological polar surface area (TPSA) is 42.7 Å². The molecular weight excluding hydrogens is 212 g/mol. The highest BCUT2D eigenvalue weighted by Gasteiger charge is 2.19. The van der Waals surface area contributed by atoms with Gasteiger partial charge in [0, 0.05) is 13.1 Å². The molecule has 0 aliphatic heterocycles. The van der Waals surface area contributed by atoms with Crippen LogP contribution in [0, 0.1) is 11.8 Å². The van der Waals surface area contributed by atoms with E-state index in [1.165, 1.54) is 32.1 Å². The molecule has 1 saturated carbocycles. The number of aryl methyl sites for hydroxylation is 1. The summed E-state index contributed by atoms with van der Waals surface area (Å²) >= 11 is 0. The van der Waals surface area contributed by atoms with Gasteiger partial charge in [-0.25, -0.2) is 4.68 Å². The summed E-state index contributed by atoms with van der Waals surface area (Å²) in [5, 5.41) is 11.4. The van der Waals surface area contributed by atoms with Crippen molar-refractivity contribution < 1.29 is 0 Å². The normalized spacial score (nSPS) is 24.8. The minimum Gasteiger partial charge on any atom is -0.369 e. The molecule has 0 atom stereocenters. The molecule has 0 aromatic carbocycles. The SMILES string of the molecule is CCC1CCC(CNc2cnnn2CC)CC1. The molecule has 1 fully saturated rings. The largest absolute Gasteiger partial charge is 0.369 e. The van der Waals surface area contributed by atoms with Gasteiger partial charge in [0.05, 0.1) is 6.20 Å². The lowest BCUT2D eigenvalue weighted by molar-refractivity contribution is 0.278. The Bertz CT molecular complexity index is 326. The van der Waals surface area contributed by atoms with Crippen molar-refractivity contribution in [2.75, 3.05) is 11.9 Å². The first kappa shape index (κ1) is 12.4. The average Bonchev–Trinajstić information content (AvgIpc) is 2.84. The lowest BCUT2D eigenvalue weighted by Crippen LogP contribution is -2.22. The van der Waals surface area contributed by atoms with Gasteiger partial charge in [0.1, 0.15) is 5.82 Å². The Kier molecular flexibility index (Phi) is 4.40. The number of rotatable bonds is 5. The van der Waals surface area contributed by atoms with Crippen molar-refractivity contribution in [3.63, 3.8) is 0 Å².